The molecule has 1 spiro atoms. The van der Waals surface area contributed by atoms with E-state index in [1.165, 1.54) is 0 Å². The van der Waals surface area contributed by atoms with E-state index >= 15 is 0 Å². The molecule has 2 aliphatic heterocycles. The van der Waals surface area contributed by atoms with Crippen LogP contribution in [-0.4, -0.2) is 56.2 Å². The molecule has 0 aliphatic carbocycles. The van der Waals surface area contributed by atoms with E-state index in [4.69, 9.17) is 4.74 Å². The molecular formula is C22H31N3O3. The van der Waals surface area contributed by atoms with Gasteiger partial charge in [-0.05, 0) is 37.3 Å². The highest BCUT2D eigenvalue weighted by molar-refractivity contribution is 5.93. The van der Waals surface area contributed by atoms with Crippen LogP contribution in [0.2, 0.25) is 0 Å². The Bertz CT molecular complexity index is 875. The van der Waals surface area contributed by atoms with E-state index in [2.05, 4.69) is 25.8 Å². The molecule has 2 fully saturated rings. The first kappa shape index (κ1) is 19.4. The van der Waals surface area contributed by atoms with Crippen molar-refractivity contribution in [3.05, 3.63) is 35.8 Å². The van der Waals surface area contributed by atoms with Gasteiger partial charge in [-0.25, -0.2) is 4.98 Å². The van der Waals surface area contributed by atoms with Crippen molar-refractivity contribution in [3.8, 4) is 0 Å². The molecule has 2 atom stereocenters. The van der Waals surface area contributed by atoms with Gasteiger partial charge in [0.2, 0.25) is 0 Å². The average Bonchev–Trinajstić information content (AvgIpc) is 3.06. The summed E-state index contributed by atoms with van der Waals surface area (Å²) in [5.74, 6) is -0.0262. The Morgan fingerprint density at radius 1 is 1.29 bits per heavy atom. The third-order valence-electron chi connectivity index (χ3n) is 6.33. The lowest BCUT2D eigenvalue weighted by atomic mass is 9.76. The highest BCUT2D eigenvalue weighted by Crippen LogP contribution is 2.42. The molecule has 1 N–H and O–H groups in total. The zero-order valence-electron chi connectivity index (χ0n) is 17.3. The number of fused-ring (bicyclic) bond motifs is 1. The second-order valence-corrected chi connectivity index (χ2v) is 9.56. The molecule has 4 heterocycles. The van der Waals surface area contributed by atoms with Gasteiger partial charge < -0.3 is 19.1 Å². The van der Waals surface area contributed by atoms with Crippen LogP contribution in [-0.2, 0) is 4.74 Å². The Morgan fingerprint density at radius 2 is 2.00 bits per heavy atom. The van der Waals surface area contributed by atoms with Crippen LogP contribution in [0.25, 0.3) is 5.65 Å². The predicted octanol–water partition coefficient (Wildman–Crippen LogP) is 3.20. The molecule has 0 aromatic carbocycles. The van der Waals surface area contributed by atoms with Gasteiger partial charge in [0.25, 0.3) is 5.91 Å². The van der Waals surface area contributed by atoms with Crippen molar-refractivity contribution in [3.63, 3.8) is 0 Å². The predicted molar refractivity (Wildman–Crippen MR) is 107 cm³/mol. The Hall–Kier alpha value is -1.92. The molecule has 0 saturated carbocycles. The monoisotopic (exact) mass is 385 g/mol. The quantitative estimate of drug-likeness (QED) is 0.819. The first-order valence-corrected chi connectivity index (χ1v) is 10.3. The number of hydrogen-bond donors (Lipinski definition) is 1. The van der Waals surface area contributed by atoms with E-state index < -0.39 is 0 Å². The molecule has 2 aromatic heterocycles. The average molecular weight is 386 g/mol. The second-order valence-electron chi connectivity index (χ2n) is 9.56. The normalized spacial score (nSPS) is 25.4. The number of hydrogen-bond acceptors (Lipinski definition) is 4. The van der Waals surface area contributed by atoms with Crippen LogP contribution in [0.15, 0.2) is 24.4 Å². The third kappa shape index (κ3) is 3.55. The molecule has 0 bridgehead atoms. The number of carbonyl (C=O) groups excluding carboxylic acids is 1. The van der Waals surface area contributed by atoms with Crippen molar-refractivity contribution in [2.75, 3.05) is 13.1 Å². The van der Waals surface area contributed by atoms with Gasteiger partial charge in [0, 0.05) is 37.8 Å². The SMILES string of the molecule is Cc1cccc2nc(C(=O)N3CCC4(CC3)C[C@H](O)C[C@H](C(C)(C)C)O4)cn12. The topological polar surface area (TPSA) is 67.1 Å². The van der Waals surface area contributed by atoms with E-state index in [0.717, 1.165) is 24.2 Å². The molecule has 6 heteroatoms. The van der Waals surface area contributed by atoms with Crippen LogP contribution in [0, 0.1) is 12.3 Å². The van der Waals surface area contributed by atoms with Crippen molar-refractivity contribution < 1.29 is 14.6 Å². The highest BCUT2D eigenvalue weighted by Gasteiger charge is 2.46. The fourth-order valence-corrected chi connectivity index (χ4v) is 4.54. The van der Waals surface area contributed by atoms with Gasteiger partial charge in [-0.3, -0.25) is 4.79 Å². The zero-order chi connectivity index (χ0) is 20.1. The van der Waals surface area contributed by atoms with Gasteiger partial charge in [-0.2, -0.15) is 0 Å². The molecule has 152 valence electrons. The van der Waals surface area contributed by atoms with Gasteiger partial charge in [0.15, 0.2) is 0 Å². The summed E-state index contributed by atoms with van der Waals surface area (Å²) in [5.41, 5.74) is 2.02. The van der Waals surface area contributed by atoms with E-state index in [0.29, 0.717) is 31.6 Å². The number of pyridine rings is 1. The Balaban J connectivity index is 1.47. The number of likely N-dealkylation sites (tertiary alicyclic amines) is 1. The van der Waals surface area contributed by atoms with Crippen LogP contribution >= 0.6 is 0 Å². The summed E-state index contributed by atoms with van der Waals surface area (Å²) in [7, 11) is 0. The Labute approximate surface area is 166 Å². The smallest absolute Gasteiger partial charge is 0.274 e. The van der Waals surface area contributed by atoms with Crippen molar-refractivity contribution >= 4 is 11.6 Å². The summed E-state index contributed by atoms with van der Waals surface area (Å²) in [6.45, 7) is 9.75. The number of aliphatic hydroxyl groups excluding tert-OH is 1. The molecule has 2 aromatic rings. The molecular weight excluding hydrogens is 354 g/mol. The minimum atomic E-state index is -0.332. The second kappa shape index (κ2) is 6.85. The molecule has 1 amide bonds. The van der Waals surface area contributed by atoms with E-state index in [-0.39, 0.29) is 29.1 Å². The number of rotatable bonds is 1. The number of piperidine rings is 1. The van der Waals surface area contributed by atoms with E-state index in [1.807, 2.05) is 40.6 Å². The lowest BCUT2D eigenvalue weighted by Gasteiger charge is -2.50. The fraction of sp³-hybridized carbons (Fsp3) is 0.636. The fourth-order valence-electron chi connectivity index (χ4n) is 4.54. The van der Waals surface area contributed by atoms with Gasteiger partial charge in [0.1, 0.15) is 11.3 Å². The molecule has 4 rings (SSSR count). The number of aliphatic hydroxyl groups is 1. The number of aromatic nitrogens is 2. The van der Waals surface area contributed by atoms with E-state index in [9.17, 15) is 9.90 Å². The summed E-state index contributed by atoms with van der Waals surface area (Å²) < 4.78 is 8.48. The molecule has 2 saturated heterocycles. The van der Waals surface area contributed by atoms with E-state index in [1.54, 1.807) is 0 Å². The molecule has 2 aliphatic rings. The Morgan fingerprint density at radius 3 is 2.64 bits per heavy atom. The minimum absolute atomic E-state index is 0.00421. The molecule has 28 heavy (non-hydrogen) atoms. The highest BCUT2D eigenvalue weighted by atomic mass is 16.5. The van der Waals surface area contributed by atoms with Gasteiger partial charge >= 0.3 is 0 Å². The lowest BCUT2D eigenvalue weighted by Crippen LogP contribution is -2.55. The maximum Gasteiger partial charge on any atom is 0.274 e. The number of amides is 1. The van der Waals surface area contributed by atoms with Crippen molar-refractivity contribution in [1.29, 1.82) is 0 Å². The maximum atomic E-state index is 13.0. The van der Waals surface area contributed by atoms with Gasteiger partial charge in [-0.1, -0.05) is 26.8 Å². The largest absolute Gasteiger partial charge is 0.393 e. The summed E-state index contributed by atoms with van der Waals surface area (Å²) in [6, 6.07) is 5.87. The van der Waals surface area contributed by atoms with Crippen LogP contribution in [0.4, 0.5) is 0 Å². The van der Waals surface area contributed by atoms with Crippen LogP contribution < -0.4 is 0 Å². The number of aryl methyl sites for hydroxylation is 1. The summed E-state index contributed by atoms with van der Waals surface area (Å²) in [5, 5.41) is 10.4. The number of ether oxygens (including phenoxy) is 1. The van der Waals surface area contributed by atoms with Crippen LogP contribution in [0.5, 0.6) is 0 Å². The molecule has 6 nitrogen and oxygen atoms in total. The van der Waals surface area contributed by atoms with Gasteiger partial charge in [0.05, 0.1) is 17.8 Å². The molecule has 0 unspecified atom stereocenters. The van der Waals surface area contributed by atoms with Gasteiger partial charge in [-0.15, -0.1) is 0 Å². The number of carbonyl (C=O) groups is 1. The van der Waals surface area contributed by atoms with Crippen molar-refractivity contribution in [2.45, 2.75) is 71.2 Å². The third-order valence-corrected chi connectivity index (χ3v) is 6.33. The Kier molecular flexibility index (Phi) is 4.74. The minimum Gasteiger partial charge on any atom is -0.393 e. The van der Waals surface area contributed by atoms with Crippen LogP contribution in [0.3, 0.4) is 0 Å². The first-order chi connectivity index (χ1) is 13.2. The zero-order valence-corrected chi connectivity index (χ0v) is 17.3. The summed E-state index contributed by atoms with van der Waals surface area (Å²) in [4.78, 5) is 19.4. The summed E-state index contributed by atoms with van der Waals surface area (Å²) >= 11 is 0. The summed E-state index contributed by atoms with van der Waals surface area (Å²) in [6.07, 6.45) is 4.41. The standard InChI is InChI=1S/C22H31N3O3/c1-15-6-5-7-19-23-17(14-25(15)19)20(27)24-10-8-22(9-11-24)13-16(26)12-18(28-22)21(2,3)4/h5-7,14,16,18,26H,8-13H2,1-4H3/t16-,18-/m1/s1. The van der Waals surface area contributed by atoms with Crippen molar-refractivity contribution in [1.82, 2.24) is 14.3 Å². The van der Waals surface area contributed by atoms with Crippen molar-refractivity contribution in [2.24, 2.45) is 5.41 Å². The van der Waals surface area contributed by atoms with Crippen LogP contribution in [0.1, 0.15) is 62.6 Å². The first-order valence-electron chi connectivity index (χ1n) is 10.3. The number of nitrogens with zero attached hydrogens (tertiary/aromatic N) is 3. The number of imidazole rings is 1. The molecule has 0 radical (unpaired) electrons. The maximum absolute atomic E-state index is 13.0. The lowest BCUT2D eigenvalue weighted by molar-refractivity contribution is -0.205.